The van der Waals surface area contributed by atoms with E-state index in [2.05, 4.69) is 55.0 Å². The van der Waals surface area contributed by atoms with Crippen LogP contribution in [-0.4, -0.2) is 66.8 Å². The fourth-order valence-electron chi connectivity index (χ4n) is 6.91. The average Bonchev–Trinajstić information content (AvgIpc) is 2.90. The molecule has 1 amide bonds. The molecule has 3 aromatic carbocycles. The van der Waals surface area contributed by atoms with Crippen LogP contribution in [0.2, 0.25) is 0 Å². The molecule has 1 saturated heterocycles. The third-order valence-electron chi connectivity index (χ3n) is 8.69. The van der Waals surface area contributed by atoms with E-state index in [9.17, 15) is 9.90 Å². The second-order valence-corrected chi connectivity index (χ2v) is 11.6. The van der Waals surface area contributed by atoms with Crippen molar-refractivity contribution in [1.29, 1.82) is 0 Å². The van der Waals surface area contributed by atoms with E-state index in [1.54, 1.807) is 6.07 Å². The number of carbonyl (C=O) groups is 1. The van der Waals surface area contributed by atoms with Gasteiger partial charge in [0.05, 0.1) is 6.10 Å². The minimum atomic E-state index is -0.159. The standard InChI is InChI=1S/C32H40N2O3/c1-22(2)20-34(31(36)25-13-12-23-8-5-6-9-24(23)16-25)27-18-30(37-4)29-21-33(3)15-14-32(29,19-27)26-10-7-11-28(35)17-26/h5-13,16-17,22,27,29-30,35H,14-15,18-21H2,1-4H3/t27-,29+,30?,32+/m1/s1. The Bertz CT molecular complexity index is 1260. The van der Waals surface area contributed by atoms with Crippen molar-refractivity contribution in [2.24, 2.45) is 11.8 Å². The number of benzene rings is 3. The molecule has 5 nitrogen and oxygen atoms in total. The molecule has 1 unspecified atom stereocenters. The topological polar surface area (TPSA) is 53.0 Å². The van der Waals surface area contributed by atoms with E-state index in [-0.39, 0.29) is 23.5 Å². The van der Waals surface area contributed by atoms with Crippen LogP contribution in [0.5, 0.6) is 5.75 Å². The predicted molar refractivity (Wildman–Crippen MR) is 149 cm³/mol. The Hall–Kier alpha value is -2.89. The van der Waals surface area contributed by atoms with Gasteiger partial charge in [-0.2, -0.15) is 0 Å². The van der Waals surface area contributed by atoms with Crippen molar-refractivity contribution in [3.63, 3.8) is 0 Å². The molecule has 5 heteroatoms. The Labute approximate surface area is 221 Å². The van der Waals surface area contributed by atoms with Crippen molar-refractivity contribution < 1.29 is 14.6 Å². The molecular formula is C32H40N2O3. The van der Waals surface area contributed by atoms with Crippen LogP contribution in [0.4, 0.5) is 0 Å². The Balaban J connectivity index is 1.55. The first-order chi connectivity index (χ1) is 17.8. The molecule has 3 aromatic rings. The second kappa shape index (κ2) is 10.5. The summed E-state index contributed by atoms with van der Waals surface area (Å²) >= 11 is 0. The zero-order valence-electron chi connectivity index (χ0n) is 22.6. The first-order valence-corrected chi connectivity index (χ1v) is 13.6. The number of ether oxygens (including phenoxy) is 1. The van der Waals surface area contributed by atoms with Gasteiger partial charge in [-0.05, 0) is 79.4 Å². The number of piperidine rings is 1. The number of amides is 1. The lowest BCUT2D eigenvalue weighted by Gasteiger charge is -2.56. The van der Waals surface area contributed by atoms with E-state index in [1.807, 2.05) is 43.5 Å². The lowest BCUT2D eigenvalue weighted by molar-refractivity contribution is -0.0783. The Kier molecular flexibility index (Phi) is 7.28. The van der Waals surface area contributed by atoms with Gasteiger partial charge in [0.2, 0.25) is 0 Å². The van der Waals surface area contributed by atoms with E-state index in [1.165, 1.54) is 5.56 Å². The Morgan fingerprint density at radius 3 is 2.62 bits per heavy atom. The first-order valence-electron chi connectivity index (χ1n) is 13.6. The van der Waals surface area contributed by atoms with Gasteiger partial charge in [-0.3, -0.25) is 4.79 Å². The number of fused-ring (bicyclic) bond motifs is 2. The fourth-order valence-corrected chi connectivity index (χ4v) is 6.91. The monoisotopic (exact) mass is 500 g/mol. The van der Waals surface area contributed by atoms with Crippen molar-refractivity contribution in [2.45, 2.75) is 50.7 Å². The molecule has 4 atom stereocenters. The summed E-state index contributed by atoms with van der Waals surface area (Å²) in [4.78, 5) is 18.7. The molecule has 1 heterocycles. The van der Waals surface area contributed by atoms with Gasteiger partial charge in [0.1, 0.15) is 5.75 Å². The van der Waals surface area contributed by atoms with Crippen LogP contribution in [0.1, 0.15) is 49.0 Å². The number of phenols is 1. The first kappa shape index (κ1) is 25.7. The molecule has 1 aliphatic carbocycles. The maximum absolute atomic E-state index is 14.2. The van der Waals surface area contributed by atoms with Crippen LogP contribution in [-0.2, 0) is 10.2 Å². The summed E-state index contributed by atoms with van der Waals surface area (Å²) in [6.07, 6.45) is 2.71. The number of methoxy groups -OCH3 is 1. The second-order valence-electron chi connectivity index (χ2n) is 11.6. The van der Waals surface area contributed by atoms with Crippen molar-refractivity contribution >= 4 is 16.7 Å². The summed E-state index contributed by atoms with van der Waals surface area (Å²) in [5.74, 6) is 1.03. The minimum Gasteiger partial charge on any atom is -0.508 e. The van der Waals surface area contributed by atoms with Crippen LogP contribution in [0.3, 0.4) is 0 Å². The van der Waals surface area contributed by atoms with E-state index in [0.717, 1.165) is 48.7 Å². The van der Waals surface area contributed by atoms with Gasteiger partial charge in [-0.15, -0.1) is 0 Å². The third kappa shape index (κ3) is 4.99. The quantitative estimate of drug-likeness (QED) is 0.471. The van der Waals surface area contributed by atoms with Crippen LogP contribution in [0, 0.1) is 11.8 Å². The van der Waals surface area contributed by atoms with Crippen molar-refractivity contribution in [3.05, 3.63) is 77.9 Å². The van der Waals surface area contributed by atoms with Gasteiger partial charge < -0.3 is 19.6 Å². The Morgan fingerprint density at radius 2 is 1.89 bits per heavy atom. The van der Waals surface area contributed by atoms with E-state index < -0.39 is 0 Å². The number of likely N-dealkylation sites (tertiary alicyclic amines) is 1. The van der Waals surface area contributed by atoms with Gasteiger partial charge >= 0.3 is 0 Å². The normalized spacial score (nSPS) is 26.2. The third-order valence-corrected chi connectivity index (χ3v) is 8.69. The van der Waals surface area contributed by atoms with Gasteiger partial charge in [-0.1, -0.05) is 56.3 Å². The number of rotatable bonds is 6. The number of carbonyl (C=O) groups excluding carboxylic acids is 1. The molecule has 1 aliphatic heterocycles. The zero-order chi connectivity index (χ0) is 26.2. The summed E-state index contributed by atoms with van der Waals surface area (Å²) in [5, 5.41) is 12.6. The van der Waals surface area contributed by atoms with E-state index in [4.69, 9.17) is 4.74 Å². The maximum atomic E-state index is 14.2. The summed E-state index contributed by atoms with van der Waals surface area (Å²) < 4.78 is 6.19. The molecule has 1 N–H and O–H groups in total. The summed E-state index contributed by atoms with van der Waals surface area (Å²) in [7, 11) is 3.99. The predicted octanol–water partition coefficient (Wildman–Crippen LogP) is 5.71. The van der Waals surface area contributed by atoms with Crippen molar-refractivity contribution in [3.8, 4) is 5.75 Å². The van der Waals surface area contributed by atoms with E-state index in [0.29, 0.717) is 24.1 Å². The summed E-state index contributed by atoms with van der Waals surface area (Å²) in [6, 6.07) is 22.1. The molecule has 37 heavy (non-hydrogen) atoms. The van der Waals surface area contributed by atoms with Gasteiger partial charge in [0, 0.05) is 43.1 Å². The highest BCUT2D eigenvalue weighted by Gasteiger charge is 2.53. The summed E-state index contributed by atoms with van der Waals surface area (Å²) in [5.41, 5.74) is 1.75. The minimum absolute atomic E-state index is 0.0305. The van der Waals surface area contributed by atoms with Crippen molar-refractivity contribution in [2.75, 3.05) is 33.8 Å². The molecule has 2 fully saturated rings. The highest BCUT2D eigenvalue weighted by molar-refractivity contribution is 5.98. The lowest BCUT2D eigenvalue weighted by atomic mass is 9.56. The Morgan fingerprint density at radius 1 is 1.11 bits per heavy atom. The molecule has 0 spiro atoms. The smallest absolute Gasteiger partial charge is 0.254 e. The highest BCUT2D eigenvalue weighted by atomic mass is 16.5. The van der Waals surface area contributed by atoms with Gasteiger partial charge in [-0.25, -0.2) is 0 Å². The maximum Gasteiger partial charge on any atom is 0.254 e. The van der Waals surface area contributed by atoms with Gasteiger partial charge in [0.25, 0.3) is 5.91 Å². The highest BCUT2D eigenvalue weighted by Crippen LogP contribution is 2.51. The zero-order valence-corrected chi connectivity index (χ0v) is 22.6. The SMILES string of the molecule is COC1C[C@@H](N(CC(C)C)C(=O)c2ccc3ccccc3c2)C[C@]2(c3cccc(O)c3)CCN(C)C[C@@H]12. The number of aromatic hydroxyl groups is 1. The number of hydrogen-bond donors (Lipinski definition) is 1. The van der Waals surface area contributed by atoms with Crippen LogP contribution < -0.4 is 0 Å². The summed E-state index contributed by atoms with van der Waals surface area (Å²) in [6.45, 7) is 7.00. The lowest BCUT2D eigenvalue weighted by Crippen LogP contribution is -2.61. The molecule has 1 saturated carbocycles. The van der Waals surface area contributed by atoms with Crippen LogP contribution in [0.25, 0.3) is 10.8 Å². The van der Waals surface area contributed by atoms with Crippen LogP contribution in [0.15, 0.2) is 66.7 Å². The molecule has 2 aliphatic rings. The largest absolute Gasteiger partial charge is 0.508 e. The molecule has 0 radical (unpaired) electrons. The van der Waals surface area contributed by atoms with Crippen LogP contribution >= 0.6 is 0 Å². The van der Waals surface area contributed by atoms with Crippen molar-refractivity contribution in [1.82, 2.24) is 9.80 Å². The molecule has 196 valence electrons. The molecule has 0 aromatic heterocycles. The number of phenolic OH excluding ortho intramolecular Hbond substituents is 1. The fraction of sp³-hybridized carbons (Fsp3) is 0.469. The average molecular weight is 501 g/mol. The number of nitrogens with zero attached hydrogens (tertiary/aromatic N) is 2. The molecule has 5 rings (SSSR count). The van der Waals surface area contributed by atoms with E-state index >= 15 is 0 Å². The van der Waals surface area contributed by atoms with Gasteiger partial charge in [0.15, 0.2) is 0 Å². The molecular weight excluding hydrogens is 460 g/mol. The molecule has 0 bridgehead atoms. The number of hydrogen-bond acceptors (Lipinski definition) is 4.